The SMILES string of the molecule is C(COCC1CCC2OC2C1)OCC1CCC2CC2C1. The Morgan fingerprint density at radius 1 is 0.700 bits per heavy atom. The van der Waals surface area contributed by atoms with E-state index in [1.807, 2.05) is 0 Å². The molecule has 3 aliphatic carbocycles. The van der Waals surface area contributed by atoms with Crippen molar-refractivity contribution in [3.63, 3.8) is 0 Å². The average Bonchev–Trinajstić information content (AvgIpc) is 3.35. The first kappa shape index (κ1) is 13.5. The lowest BCUT2D eigenvalue weighted by molar-refractivity contribution is 0.0136. The fraction of sp³-hybridized carbons (Fsp3) is 1.00. The Bertz CT molecular complexity index is 300. The van der Waals surface area contributed by atoms with Gasteiger partial charge in [-0.25, -0.2) is 0 Å². The third-order valence-corrected chi connectivity index (χ3v) is 5.84. The van der Waals surface area contributed by atoms with Gasteiger partial charge in [0.2, 0.25) is 0 Å². The number of fused-ring (bicyclic) bond motifs is 2. The van der Waals surface area contributed by atoms with Crippen LogP contribution in [0.5, 0.6) is 0 Å². The van der Waals surface area contributed by atoms with Crippen LogP contribution in [-0.4, -0.2) is 38.6 Å². The molecule has 1 aliphatic heterocycles. The third kappa shape index (κ3) is 3.37. The summed E-state index contributed by atoms with van der Waals surface area (Å²) < 4.78 is 17.1. The molecular formula is C17H28O3. The van der Waals surface area contributed by atoms with E-state index < -0.39 is 0 Å². The predicted molar refractivity (Wildman–Crippen MR) is 76.6 cm³/mol. The molecule has 0 amide bonds. The van der Waals surface area contributed by atoms with Gasteiger partial charge in [-0.3, -0.25) is 0 Å². The topological polar surface area (TPSA) is 31.0 Å². The van der Waals surface area contributed by atoms with Crippen LogP contribution < -0.4 is 0 Å². The van der Waals surface area contributed by atoms with Gasteiger partial charge < -0.3 is 14.2 Å². The minimum atomic E-state index is 0.575. The van der Waals surface area contributed by atoms with Gasteiger partial charge in [-0.15, -0.1) is 0 Å². The molecule has 3 heteroatoms. The lowest BCUT2D eigenvalue weighted by Crippen LogP contribution is -2.20. The Hall–Kier alpha value is -0.120. The summed E-state index contributed by atoms with van der Waals surface area (Å²) in [7, 11) is 0. The first-order valence-corrected chi connectivity index (χ1v) is 8.69. The molecule has 1 saturated heterocycles. The zero-order chi connectivity index (χ0) is 13.4. The number of hydrogen-bond donors (Lipinski definition) is 0. The van der Waals surface area contributed by atoms with Crippen LogP contribution in [0, 0.1) is 23.7 Å². The molecule has 114 valence electrons. The van der Waals surface area contributed by atoms with Gasteiger partial charge in [0.15, 0.2) is 0 Å². The van der Waals surface area contributed by atoms with Crippen molar-refractivity contribution in [2.45, 2.75) is 57.2 Å². The highest BCUT2D eigenvalue weighted by atomic mass is 16.6. The Kier molecular flexibility index (Phi) is 4.02. The molecule has 0 aromatic heterocycles. The van der Waals surface area contributed by atoms with Crippen molar-refractivity contribution in [1.29, 1.82) is 0 Å². The van der Waals surface area contributed by atoms with Crippen LogP contribution in [0.1, 0.15) is 44.9 Å². The zero-order valence-electron chi connectivity index (χ0n) is 12.5. The van der Waals surface area contributed by atoms with E-state index in [9.17, 15) is 0 Å². The van der Waals surface area contributed by atoms with Crippen LogP contribution in [0.2, 0.25) is 0 Å². The van der Waals surface area contributed by atoms with Crippen molar-refractivity contribution in [3.8, 4) is 0 Å². The summed E-state index contributed by atoms with van der Waals surface area (Å²) in [6.07, 6.45) is 10.7. The zero-order valence-corrected chi connectivity index (χ0v) is 12.5. The van der Waals surface area contributed by atoms with E-state index in [1.54, 1.807) is 0 Å². The molecule has 0 N–H and O–H groups in total. The van der Waals surface area contributed by atoms with Gasteiger partial charge >= 0.3 is 0 Å². The molecule has 20 heavy (non-hydrogen) atoms. The van der Waals surface area contributed by atoms with Crippen LogP contribution in [0.25, 0.3) is 0 Å². The summed E-state index contributed by atoms with van der Waals surface area (Å²) in [5.74, 6) is 3.72. The summed E-state index contributed by atoms with van der Waals surface area (Å²) in [6, 6.07) is 0. The van der Waals surface area contributed by atoms with Gasteiger partial charge in [0, 0.05) is 13.2 Å². The Morgan fingerprint density at radius 3 is 2.20 bits per heavy atom. The fourth-order valence-electron chi connectivity index (χ4n) is 4.36. The van der Waals surface area contributed by atoms with Gasteiger partial charge in [0.05, 0.1) is 25.4 Å². The number of epoxide rings is 1. The second kappa shape index (κ2) is 5.94. The van der Waals surface area contributed by atoms with Crippen LogP contribution in [0.4, 0.5) is 0 Å². The first-order valence-electron chi connectivity index (χ1n) is 8.69. The van der Waals surface area contributed by atoms with Crippen molar-refractivity contribution in [1.82, 2.24) is 0 Å². The van der Waals surface area contributed by atoms with Gasteiger partial charge in [-0.2, -0.15) is 0 Å². The van der Waals surface area contributed by atoms with Crippen molar-refractivity contribution in [2.75, 3.05) is 26.4 Å². The molecule has 1 heterocycles. The maximum Gasteiger partial charge on any atom is 0.0845 e. The lowest BCUT2D eigenvalue weighted by atomic mass is 9.90. The fourth-order valence-corrected chi connectivity index (χ4v) is 4.36. The largest absolute Gasteiger partial charge is 0.379 e. The molecule has 3 saturated carbocycles. The smallest absolute Gasteiger partial charge is 0.0845 e. The molecular weight excluding hydrogens is 252 g/mol. The lowest BCUT2D eigenvalue weighted by Gasteiger charge is -2.21. The van der Waals surface area contributed by atoms with Gasteiger partial charge in [-0.05, 0) is 68.6 Å². The van der Waals surface area contributed by atoms with Crippen LogP contribution >= 0.6 is 0 Å². The third-order valence-electron chi connectivity index (χ3n) is 5.84. The van der Waals surface area contributed by atoms with Crippen molar-refractivity contribution in [2.24, 2.45) is 23.7 Å². The highest BCUT2D eigenvalue weighted by Crippen LogP contribution is 2.51. The monoisotopic (exact) mass is 280 g/mol. The van der Waals surface area contributed by atoms with E-state index in [-0.39, 0.29) is 0 Å². The van der Waals surface area contributed by atoms with E-state index in [4.69, 9.17) is 14.2 Å². The average molecular weight is 280 g/mol. The quantitative estimate of drug-likeness (QED) is 0.530. The Labute approximate surface area is 122 Å². The van der Waals surface area contributed by atoms with Crippen molar-refractivity contribution >= 4 is 0 Å². The molecule has 0 aromatic carbocycles. The molecule has 4 fully saturated rings. The van der Waals surface area contributed by atoms with Crippen LogP contribution in [0.15, 0.2) is 0 Å². The number of rotatable bonds is 7. The van der Waals surface area contributed by atoms with Gasteiger partial charge in [0.1, 0.15) is 0 Å². The first-order chi connectivity index (χ1) is 9.88. The Balaban J connectivity index is 1.01. The summed E-state index contributed by atoms with van der Waals surface area (Å²) in [6.45, 7) is 3.42. The minimum Gasteiger partial charge on any atom is -0.379 e. The number of ether oxygens (including phenoxy) is 3. The highest BCUT2D eigenvalue weighted by Gasteiger charge is 2.43. The molecule has 4 aliphatic rings. The van der Waals surface area contributed by atoms with E-state index >= 15 is 0 Å². The maximum atomic E-state index is 5.81. The minimum absolute atomic E-state index is 0.575. The van der Waals surface area contributed by atoms with Crippen LogP contribution in [0.3, 0.4) is 0 Å². The normalized spacial score (nSPS) is 45.6. The molecule has 3 nitrogen and oxygen atoms in total. The number of hydrogen-bond acceptors (Lipinski definition) is 3. The second-order valence-corrected chi connectivity index (χ2v) is 7.48. The second-order valence-electron chi connectivity index (χ2n) is 7.48. The summed E-state index contributed by atoms with van der Waals surface area (Å²) in [5.41, 5.74) is 0. The molecule has 0 radical (unpaired) electrons. The van der Waals surface area contributed by atoms with E-state index in [1.165, 1.54) is 44.9 Å². The van der Waals surface area contributed by atoms with Gasteiger partial charge in [-0.1, -0.05) is 0 Å². The summed E-state index contributed by atoms with van der Waals surface area (Å²) in [5, 5.41) is 0. The van der Waals surface area contributed by atoms with Gasteiger partial charge in [0.25, 0.3) is 0 Å². The summed E-state index contributed by atoms with van der Waals surface area (Å²) >= 11 is 0. The Morgan fingerprint density at radius 2 is 1.45 bits per heavy atom. The predicted octanol–water partition coefficient (Wildman–Crippen LogP) is 3.02. The van der Waals surface area contributed by atoms with E-state index in [0.29, 0.717) is 12.2 Å². The molecule has 0 bridgehead atoms. The maximum absolute atomic E-state index is 5.81. The molecule has 6 atom stereocenters. The summed E-state index contributed by atoms with van der Waals surface area (Å²) in [4.78, 5) is 0. The standard InChI is InChI=1S/C17H28O3/c1-3-14-9-15(14)7-12(1)10-18-5-6-19-11-13-2-4-16-17(8-13)20-16/h12-17H,1-11H2. The molecule has 4 rings (SSSR count). The van der Waals surface area contributed by atoms with E-state index in [0.717, 1.165) is 50.1 Å². The van der Waals surface area contributed by atoms with Crippen LogP contribution in [-0.2, 0) is 14.2 Å². The highest BCUT2D eigenvalue weighted by molar-refractivity contribution is 4.92. The van der Waals surface area contributed by atoms with Crippen molar-refractivity contribution < 1.29 is 14.2 Å². The molecule has 6 unspecified atom stereocenters. The van der Waals surface area contributed by atoms with E-state index in [2.05, 4.69) is 0 Å². The molecule has 0 aromatic rings. The van der Waals surface area contributed by atoms with Crippen molar-refractivity contribution in [3.05, 3.63) is 0 Å². The molecule has 0 spiro atoms.